The Morgan fingerprint density at radius 1 is 0.844 bits per heavy atom. The second-order valence-electron chi connectivity index (χ2n) is 20.0. The van der Waals surface area contributed by atoms with Crippen LogP contribution in [-0.2, 0) is 47.5 Å². The van der Waals surface area contributed by atoms with Gasteiger partial charge in [0.2, 0.25) is 0 Å². The molecule has 0 amide bonds. The standard InChI is InChI=1S/C44H80N2O18/c1-15-27-44(10,56)35(50)24(6)46(13)19-20(2)17-42(8,55)37(22(4)32(23(5)39(54)60-27)61-28-18-43(9,57-14)36(51)25(7)59-28)64-41-33(26(45(11)12)16-21(3)58-41)62-40-31(49)29(47)30(48)34(63-40)38(52)53/h20-37,40-41,47-51,55-56H,15-19H2,1-14H3,(H,52,53)/t20-,21-,22+,23-,24-,25+,26+,27-,28+,29?,30?,31?,32+,33-,34?,35-,36+,37-,40?,41+,42-,43-,44-/m1/s1. The van der Waals surface area contributed by atoms with Gasteiger partial charge in [0.25, 0.3) is 0 Å². The predicted molar refractivity (Wildman–Crippen MR) is 227 cm³/mol. The molecule has 20 nitrogen and oxygen atoms in total. The lowest BCUT2D eigenvalue weighted by Gasteiger charge is -2.50. The molecule has 0 spiro atoms. The minimum atomic E-state index is -1.96. The molecule has 4 aliphatic rings. The van der Waals surface area contributed by atoms with Crippen LogP contribution in [0.4, 0.5) is 0 Å². The van der Waals surface area contributed by atoms with Gasteiger partial charge in [-0.05, 0) is 94.8 Å². The number of methoxy groups -OCH3 is 1. The summed E-state index contributed by atoms with van der Waals surface area (Å²) in [6.07, 6.45) is -19.8. The first kappa shape index (κ1) is 54.9. The quantitative estimate of drug-likeness (QED) is 0.132. The lowest BCUT2D eigenvalue weighted by atomic mass is 9.77. The lowest BCUT2D eigenvalue weighted by Crippen LogP contribution is -2.64. The van der Waals surface area contributed by atoms with E-state index in [2.05, 4.69) is 0 Å². The number of cyclic esters (lactones) is 1. The molecule has 4 aliphatic heterocycles. The second kappa shape index (κ2) is 21.7. The Kier molecular flexibility index (Phi) is 18.6. The molecule has 23 atom stereocenters. The molecular weight excluding hydrogens is 844 g/mol. The number of carbonyl (C=O) groups is 2. The van der Waals surface area contributed by atoms with Crippen molar-refractivity contribution < 1.29 is 88.3 Å². The van der Waals surface area contributed by atoms with Crippen LogP contribution in [0.5, 0.6) is 0 Å². The molecule has 4 heterocycles. The summed E-state index contributed by atoms with van der Waals surface area (Å²) in [6, 6.07) is -1.18. The molecule has 0 radical (unpaired) electrons. The SMILES string of the molecule is CC[C@H]1OC(=O)[C@H](C)[C@@H](O[C@H]2C[C@@](C)(OC)[C@@H](O)[C@H](C)O2)[C@H](C)[C@@H](O[C@@H]2O[C@H](C)C[C@H](N(C)C)[C@H]2OC2OC(C(=O)O)C(O)C(O)C2O)[C@](C)(O)C[C@@H](C)CN(C)[C@H](C)[C@@H](O)[C@]1(C)O. The Hall–Kier alpha value is -1.70. The van der Waals surface area contributed by atoms with Crippen LogP contribution in [0, 0.1) is 17.8 Å². The maximum absolute atomic E-state index is 14.5. The zero-order valence-corrected chi connectivity index (χ0v) is 40.1. The molecule has 4 saturated heterocycles. The normalized spacial score (nSPS) is 49.8. The zero-order valence-electron chi connectivity index (χ0n) is 40.1. The van der Waals surface area contributed by atoms with Crippen molar-refractivity contribution >= 4 is 11.9 Å². The van der Waals surface area contributed by atoms with Gasteiger partial charge in [-0.2, -0.15) is 0 Å². The van der Waals surface area contributed by atoms with Crippen molar-refractivity contribution in [3.63, 3.8) is 0 Å². The highest BCUT2D eigenvalue weighted by Gasteiger charge is 2.55. The molecule has 0 aromatic carbocycles. The Labute approximate surface area is 378 Å². The Morgan fingerprint density at radius 3 is 2.03 bits per heavy atom. The van der Waals surface area contributed by atoms with Crippen molar-refractivity contribution in [2.75, 3.05) is 34.8 Å². The topological polar surface area (TPSA) is 276 Å². The molecule has 4 fully saturated rings. The minimum absolute atomic E-state index is 0.0347. The van der Waals surface area contributed by atoms with Gasteiger partial charge in [0.15, 0.2) is 25.0 Å². The van der Waals surface area contributed by atoms with E-state index in [-0.39, 0.29) is 25.2 Å². The number of carbonyl (C=O) groups excluding carboxylic acids is 1. The van der Waals surface area contributed by atoms with Crippen LogP contribution in [0.3, 0.4) is 0 Å². The largest absolute Gasteiger partial charge is 0.479 e. The summed E-state index contributed by atoms with van der Waals surface area (Å²) >= 11 is 0. The van der Waals surface area contributed by atoms with Gasteiger partial charge in [0, 0.05) is 38.1 Å². The number of aliphatic hydroxyl groups excluding tert-OH is 5. The van der Waals surface area contributed by atoms with Gasteiger partial charge >= 0.3 is 11.9 Å². The van der Waals surface area contributed by atoms with Crippen LogP contribution in [-0.4, -0.2) is 218 Å². The first-order chi connectivity index (χ1) is 29.5. The third-order valence-electron chi connectivity index (χ3n) is 14.3. The van der Waals surface area contributed by atoms with Gasteiger partial charge in [-0.3, -0.25) is 4.79 Å². The summed E-state index contributed by atoms with van der Waals surface area (Å²) in [5, 5.41) is 89.4. The summed E-state index contributed by atoms with van der Waals surface area (Å²) in [7, 11) is 6.80. The number of aliphatic carboxylic acids is 1. The van der Waals surface area contributed by atoms with E-state index in [4.69, 9.17) is 37.9 Å². The van der Waals surface area contributed by atoms with Gasteiger partial charge in [-0.15, -0.1) is 0 Å². The van der Waals surface area contributed by atoms with E-state index in [0.29, 0.717) is 13.0 Å². The molecule has 0 saturated carbocycles. The summed E-state index contributed by atoms with van der Waals surface area (Å²) in [5.74, 6) is -4.76. The molecule has 64 heavy (non-hydrogen) atoms. The van der Waals surface area contributed by atoms with Crippen LogP contribution in [0.25, 0.3) is 0 Å². The summed E-state index contributed by atoms with van der Waals surface area (Å²) in [4.78, 5) is 30.2. The Morgan fingerprint density at radius 2 is 1.47 bits per heavy atom. The van der Waals surface area contributed by atoms with E-state index >= 15 is 0 Å². The van der Waals surface area contributed by atoms with Crippen LogP contribution < -0.4 is 0 Å². The highest BCUT2D eigenvalue weighted by Crippen LogP contribution is 2.41. The van der Waals surface area contributed by atoms with Crippen molar-refractivity contribution in [3.8, 4) is 0 Å². The van der Waals surface area contributed by atoms with E-state index in [1.807, 2.05) is 23.6 Å². The highest BCUT2D eigenvalue weighted by atomic mass is 16.8. The van der Waals surface area contributed by atoms with Gasteiger partial charge in [0.05, 0.1) is 41.5 Å². The molecular formula is C44H80N2O18. The molecule has 4 rings (SSSR count). The third-order valence-corrected chi connectivity index (χ3v) is 14.3. The number of esters is 1. The number of likely N-dealkylation sites (N-methyl/N-ethyl adjacent to an activating group) is 2. The fourth-order valence-corrected chi connectivity index (χ4v) is 10.2. The van der Waals surface area contributed by atoms with Gasteiger partial charge in [-0.25, -0.2) is 4.79 Å². The van der Waals surface area contributed by atoms with Crippen molar-refractivity contribution in [1.82, 2.24) is 9.80 Å². The number of rotatable bonds is 10. The van der Waals surface area contributed by atoms with E-state index in [0.717, 1.165) is 0 Å². The average Bonchev–Trinajstić information content (AvgIpc) is 3.21. The van der Waals surface area contributed by atoms with Crippen LogP contribution >= 0.6 is 0 Å². The zero-order chi connectivity index (χ0) is 48.5. The van der Waals surface area contributed by atoms with Crippen molar-refractivity contribution in [3.05, 3.63) is 0 Å². The number of hydrogen-bond donors (Lipinski definition) is 8. The van der Waals surface area contributed by atoms with Gasteiger partial charge < -0.3 is 88.5 Å². The predicted octanol–water partition coefficient (Wildman–Crippen LogP) is -0.183. The second-order valence-corrected chi connectivity index (χ2v) is 20.0. The molecule has 20 heteroatoms. The van der Waals surface area contributed by atoms with E-state index in [9.17, 15) is 50.4 Å². The van der Waals surface area contributed by atoms with Crippen LogP contribution in [0.15, 0.2) is 0 Å². The number of carboxylic acids is 1. The highest BCUT2D eigenvalue weighted by molar-refractivity contribution is 5.73. The Bertz CT molecular complexity index is 1520. The maximum atomic E-state index is 14.5. The first-order valence-electron chi connectivity index (χ1n) is 22.7. The number of ether oxygens (including phenoxy) is 8. The van der Waals surface area contributed by atoms with Crippen LogP contribution in [0.1, 0.15) is 94.9 Å². The molecule has 0 aliphatic carbocycles. The van der Waals surface area contributed by atoms with Crippen molar-refractivity contribution in [1.29, 1.82) is 0 Å². The lowest BCUT2D eigenvalue weighted by molar-refractivity contribution is -0.359. The monoisotopic (exact) mass is 925 g/mol. The molecule has 374 valence electrons. The van der Waals surface area contributed by atoms with Crippen molar-refractivity contribution in [2.24, 2.45) is 17.8 Å². The average molecular weight is 925 g/mol. The van der Waals surface area contributed by atoms with Gasteiger partial charge in [0.1, 0.15) is 48.3 Å². The molecule has 0 aromatic rings. The van der Waals surface area contributed by atoms with Gasteiger partial charge in [-0.1, -0.05) is 20.8 Å². The first-order valence-corrected chi connectivity index (χ1v) is 22.7. The fourth-order valence-electron chi connectivity index (χ4n) is 10.2. The summed E-state index contributed by atoms with van der Waals surface area (Å²) in [5.41, 5.74) is -4.77. The van der Waals surface area contributed by atoms with E-state index in [1.54, 1.807) is 69.6 Å². The molecule has 5 unspecified atom stereocenters. The maximum Gasteiger partial charge on any atom is 0.335 e. The smallest absolute Gasteiger partial charge is 0.335 e. The number of carboxylic acid groups (broad SMARTS) is 1. The number of hydrogen-bond acceptors (Lipinski definition) is 19. The molecule has 0 bridgehead atoms. The number of aliphatic hydroxyl groups is 7. The summed E-state index contributed by atoms with van der Waals surface area (Å²) < 4.78 is 50.1. The fraction of sp³-hybridized carbons (Fsp3) is 0.955. The minimum Gasteiger partial charge on any atom is -0.479 e. The van der Waals surface area contributed by atoms with Crippen LogP contribution in [0.2, 0.25) is 0 Å². The third kappa shape index (κ3) is 11.9. The molecule has 0 aromatic heterocycles. The van der Waals surface area contributed by atoms with E-state index < -0.39 is 145 Å². The molecule has 8 N–H and O–H groups in total. The van der Waals surface area contributed by atoms with Crippen molar-refractivity contribution in [2.45, 2.75) is 216 Å². The Balaban J connectivity index is 1.88. The number of nitrogens with zero attached hydrogens (tertiary/aromatic N) is 2. The van der Waals surface area contributed by atoms with E-state index in [1.165, 1.54) is 14.0 Å². The summed E-state index contributed by atoms with van der Waals surface area (Å²) in [6.45, 7) is 17.3.